The molecule has 4 saturated carbocycles. The molecule has 0 aliphatic heterocycles. The largest absolute Gasteiger partial charge is 0.454 e. The Bertz CT molecular complexity index is 2290. The van der Waals surface area contributed by atoms with Gasteiger partial charge in [-0.3, -0.25) is 9.59 Å². The number of rotatable bonds is 18. The number of hydrogen-bond donors (Lipinski definition) is 0. The molecule has 8 rings (SSSR count). The summed E-state index contributed by atoms with van der Waals surface area (Å²) in [6.07, 6.45) is 11.7. The van der Waals surface area contributed by atoms with Crippen LogP contribution in [-0.2, 0) is 79.6 Å². The van der Waals surface area contributed by atoms with E-state index in [1.165, 1.54) is 0 Å². The molecule has 0 heterocycles. The molecule has 0 saturated heterocycles. The molecule has 0 N–H and O–H groups in total. The van der Waals surface area contributed by atoms with Gasteiger partial charge in [0.25, 0.3) is 0 Å². The highest BCUT2D eigenvalue weighted by Crippen LogP contribution is 2.45. The Balaban J connectivity index is 1.02. The fourth-order valence-electron chi connectivity index (χ4n) is 11.4. The SMILES string of the molecule is O=C(/C=C/C(=O)OC(CC(=O)OC1(c2ccccc2)CCCCC1)C(=O)OC1(c2ccccc2)CCCCC1)OC(CC(=O)OC1(c2ccccc2)CCCCC1)C(=O)OC1(c2ccccc2)CCCCC1. The van der Waals surface area contributed by atoms with E-state index in [0.29, 0.717) is 51.4 Å². The predicted octanol–water partition coefficient (Wildman–Crippen LogP) is 11.8. The minimum absolute atomic E-state index is 0.535. The molecule has 4 aliphatic rings. The summed E-state index contributed by atoms with van der Waals surface area (Å²) in [5, 5.41) is 0. The minimum atomic E-state index is -1.75. The van der Waals surface area contributed by atoms with Crippen LogP contribution >= 0.6 is 0 Å². The van der Waals surface area contributed by atoms with Gasteiger partial charge in [0.2, 0.25) is 12.2 Å². The van der Waals surface area contributed by atoms with Crippen molar-refractivity contribution < 1.29 is 57.2 Å². The number of benzene rings is 4. The average molecular weight is 981 g/mol. The van der Waals surface area contributed by atoms with Gasteiger partial charge in [0.1, 0.15) is 22.4 Å². The Kier molecular flexibility index (Phi) is 17.4. The van der Waals surface area contributed by atoms with E-state index in [9.17, 15) is 28.8 Å². The van der Waals surface area contributed by atoms with Crippen LogP contribution in [0.15, 0.2) is 133 Å². The highest BCUT2D eigenvalue weighted by molar-refractivity contribution is 5.95. The van der Waals surface area contributed by atoms with Gasteiger partial charge >= 0.3 is 35.8 Å². The van der Waals surface area contributed by atoms with Gasteiger partial charge in [-0.1, -0.05) is 147 Å². The number of esters is 6. The average Bonchev–Trinajstić information content (AvgIpc) is 3.42. The van der Waals surface area contributed by atoms with Crippen molar-refractivity contribution in [1.29, 1.82) is 0 Å². The van der Waals surface area contributed by atoms with E-state index in [4.69, 9.17) is 28.4 Å². The van der Waals surface area contributed by atoms with Crippen LogP contribution in [0.4, 0.5) is 0 Å². The maximum Gasteiger partial charge on any atom is 0.348 e. The summed E-state index contributed by atoms with van der Waals surface area (Å²) in [6.45, 7) is 0. The van der Waals surface area contributed by atoms with Gasteiger partial charge in [0.15, 0.2) is 0 Å². The first-order valence-electron chi connectivity index (χ1n) is 26.2. The van der Waals surface area contributed by atoms with Crippen molar-refractivity contribution in [2.24, 2.45) is 0 Å². The maximum atomic E-state index is 14.4. The fourth-order valence-corrected chi connectivity index (χ4v) is 11.4. The second-order valence-corrected chi connectivity index (χ2v) is 20.1. The van der Waals surface area contributed by atoms with Crippen LogP contribution in [0, 0.1) is 0 Å². The normalized spacial score (nSPS) is 19.8. The van der Waals surface area contributed by atoms with Gasteiger partial charge in [-0.25, -0.2) is 19.2 Å². The maximum absolute atomic E-state index is 14.4. The van der Waals surface area contributed by atoms with E-state index in [1.807, 2.05) is 121 Å². The Morgan fingerprint density at radius 3 is 0.833 bits per heavy atom. The quantitative estimate of drug-likeness (QED) is 0.0529. The number of carbonyl (C=O) groups is 6. The van der Waals surface area contributed by atoms with Gasteiger partial charge < -0.3 is 28.4 Å². The molecule has 72 heavy (non-hydrogen) atoms. The van der Waals surface area contributed by atoms with E-state index in [-0.39, 0.29) is 0 Å². The van der Waals surface area contributed by atoms with Crippen molar-refractivity contribution >= 4 is 35.8 Å². The molecule has 4 fully saturated rings. The molecule has 4 aliphatic carbocycles. The van der Waals surface area contributed by atoms with E-state index < -0.39 is 83.3 Å². The molecule has 380 valence electrons. The van der Waals surface area contributed by atoms with Crippen molar-refractivity contribution in [3.05, 3.63) is 156 Å². The zero-order valence-electron chi connectivity index (χ0n) is 41.3. The highest BCUT2D eigenvalue weighted by atomic mass is 16.6. The Labute approximate surface area is 423 Å². The van der Waals surface area contributed by atoms with Crippen molar-refractivity contribution in [1.82, 2.24) is 0 Å². The summed E-state index contributed by atoms with van der Waals surface area (Å²) in [5.74, 6) is -5.67. The number of carbonyl (C=O) groups excluding carboxylic acids is 6. The lowest BCUT2D eigenvalue weighted by Gasteiger charge is -2.39. The zero-order valence-corrected chi connectivity index (χ0v) is 41.3. The van der Waals surface area contributed by atoms with Crippen molar-refractivity contribution in [2.45, 2.75) is 176 Å². The summed E-state index contributed by atoms with van der Waals surface area (Å²) in [4.78, 5) is 84.4. The third-order valence-electron chi connectivity index (χ3n) is 15.2. The minimum Gasteiger partial charge on any atom is -0.454 e. The van der Waals surface area contributed by atoms with Crippen molar-refractivity contribution in [3.8, 4) is 0 Å². The third kappa shape index (κ3) is 12.9. The Morgan fingerprint density at radius 2 is 0.583 bits per heavy atom. The molecule has 4 aromatic rings. The van der Waals surface area contributed by atoms with Gasteiger partial charge in [0, 0.05) is 12.2 Å². The first-order valence-corrected chi connectivity index (χ1v) is 26.2. The van der Waals surface area contributed by atoms with E-state index in [2.05, 4.69) is 0 Å². The topological polar surface area (TPSA) is 158 Å². The van der Waals surface area contributed by atoms with Crippen LogP contribution in [0.2, 0.25) is 0 Å². The second-order valence-electron chi connectivity index (χ2n) is 20.1. The molecule has 12 heteroatoms. The molecule has 0 amide bonds. The first-order chi connectivity index (χ1) is 35.0. The summed E-state index contributed by atoms with van der Waals surface area (Å²) in [7, 11) is 0. The molecule has 2 atom stereocenters. The highest BCUT2D eigenvalue weighted by Gasteiger charge is 2.45. The van der Waals surface area contributed by atoms with Crippen molar-refractivity contribution in [3.63, 3.8) is 0 Å². The molecule has 12 nitrogen and oxygen atoms in total. The Morgan fingerprint density at radius 1 is 0.347 bits per heavy atom. The smallest absolute Gasteiger partial charge is 0.348 e. The second kappa shape index (κ2) is 24.2. The van der Waals surface area contributed by atoms with E-state index in [0.717, 1.165) is 111 Å². The lowest BCUT2D eigenvalue weighted by atomic mass is 9.79. The van der Waals surface area contributed by atoms with E-state index >= 15 is 0 Å². The van der Waals surface area contributed by atoms with Crippen LogP contribution < -0.4 is 0 Å². The summed E-state index contributed by atoms with van der Waals surface area (Å²) < 4.78 is 36.7. The van der Waals surface area contributed by atoms with Crippen molar-refractivity contribution in [2.75, 3.05) is 0 Å². The van der Waals surface area contributed by atoms with Crippen LogP contribution in [0.3, 0.4) is 0 Å². The molecular weight excluding hydrogens is 913 g/mol. The number of ether oxygens (including phenoxy) is 6. The van der Waals surface area contributed by atoms with Gasteiger partial charge in [-0.15, -0.1) is 0 Å². The number of hydrogen-bond acceptors (Lipinski definition) is 12. The molecular formula is C60H68O12. The lowest BCUT2D eigenvalue weighted by molar-refractivity contribution is -0.188. The van der Waals surface area contributed by atoms with Gasteiger partial charge in [-0.05, 0) is 125 Å². The van der Waals surface area contributed by atoms with Crippen LogP contribution in [0.25, 0.3) is 0 Å². The monoisotopic (exact) mass is 980 g/mol. The van der Waals surface area contributed by atoms with Gasteiger partial charge in [0.05, 0.1) is 12.8 Å². The lowest BCUT2D eigenvalue weighted by Crippen LogP contribution is -2.42. The summed E-state index contributed by atoms with van der Waals surface area (Å²) >= 11 is 0. The predicted molar refractivity (Wildman–Crippen MR) is 267 cm³/mol. The third-order valence-corrected chi connectivity index (χ3v) is 15.2. The standard InChI is InChI=1S/C60H68O12/c61-51(67-49(55(65)71-59(39-21-7-22-40-59)47-29-13-3-14-30-47)43-53(63)69-57(35-17-5-18-36-57)45-25-9-1-10-26-45)33-34-52(62)68-50(56(66)72-60(41-23-8-24-42-60)48-31-15-4-16-32-48)44-54(64)70-58(37-19-6-20-38-58)46-27-11-2-12-28-46/h1-4,9-16,25-34,49-50H,5-8,17-24,35-44H2/b34-33+. The molecule has 0 radical (unpaired) electrons. The van der Waals surface area contributed by atoms with Crippen LogP contribution in [0.5, 0.6) is 0 Å². The van der Waals surface area contributed by atoms with Crippen LogP contribution in [-0.4, -0.2) is 48.0 Å². The Hall–Kier alpha value is -6.56. The molecule has 0 spiro atoms. The molecule has 0 aromatic heterocycles. The molecule has 4 aromatic carbocycles. The zero-order chi connectivity index (χ0) is 50.3. The summed E-state index contributed by atoms with van der Waals surface area (Å²) in [6, 6.07) is 37.8. The van der Waals surface area contributed by atoms with E-state index in [1.54, 1.807) is 0 Å². The van der Waals surface area contributed by atoms with Crippen LogP contribution in [0.1, 0.15) is 164 Å². The fraction of sp³-hybridized carbons (Fsp3) is 0.467. The summed E-state index contributed by atoms with van der Waals surface area (Å²) in [5.41, 5.74) is -0.603. The first kappa shape index (κ1) is 51.8. The molecule has 0 bridgehead atoms. The van der Waals surface area contributed by atoms with Gasteiger partial charge in [-0.2, -0.15) is 0 Å². The molecule has 2 unspecified atom stereocenters.